The number of nitro groups is 1. The largest absolute Gasteiger partial charge is 0.349 e. The SMILES string of the molecule is CCC(NC(=O)c1cccc([N+](=O)[O-])c1Br)C(C)C. The number of rotatable bonds is 5. The van der Waals surface area contributed by atoms with Crippen LogP contribution in [0, 0.1) is 16.0 Å². The maximum atomic E-state index is 12.2. The van der Waals surface area contributed by atoms with E-state index in [0.717, 1.165) is 6.42 Å². The van der Waals surface area contributed by atoms with E-state index >= 15 is 0 Å². The highest BCUT2D eigenvalue weighted by molar-refractivity contribution is 9.10. The highest BCUT2D eigenvalue weighted by Crippen LogP contribution is 2.28. The first-order chi connectivity index (χ1) is 8.88. The smallest absolute Gasteiger partial charge is 0.284 e. The van der Waals surface area contributed by atoms with Crippen molar-refractivity contribution in [2.45, 2.75) is 33.2 Å². The topological polar surface area (TPSA) is 72.2 Å². The summed E-state index contributed by atoms with van der Waals surface area (Å²) in [5.74, 6) is 0.0162. The second-order valence-electron chi connectivity index (χ2n) is 4.63. The zero-order valence-electron chi connectivity index (χ0n) is 11.1. The molecule has 1 aromatic rings. The van der Waals surface area contributed by atoms with Gasteiger partial charge in [0.2, 0.25) is 0 Å². The Morgan fingerprint density at radius 2 is 2.11 bits per heavy atom. The molecule has 1 unspecified atom stereocenters. The fourth-order valence-corrected chi connectivity index (χ4v) is 2.41. The van der Waals surface area contributed by atoms with Crippen molar-refractivity contribution in [3.8, 4) is 0 Å². The quantitative estimate of drug-likeness (QED) is 0.663. The lowest BCUT2D eigenvalue weighted by atomic mass is 10.0. The Kier molecular flexibility index (Phi) is 5.47. The molecule has 104 valence electrons. The first kappa shape index (κ1) is 15.6. The van der Waals surface area contributed by atoms with Crippen molar-refractivity contribution in [2.75, 3.05) is 0 Å². The van der Waals surface area contributed by atoms with E-state index in [1.54, 1.807) is 6.07 Å². The number of hydrogen-bond acceptors (Lipinski definition) is 3. The number of carbonyl (C=O) groups is 1. The van der Waals surface area contributed by atoms with E-state index < -0.39 is 4.92 Å². The zero-order chi connectivity index (χ0) is 14.6. The van der Waals surface area contributed by atoms with Crippen LogP contribution in [0.15, 0.2) is 22.7 Å². The summed E-state index contributed by atoms with van der Waals surface area (Å²) in [6.45, 7) is 6.04. The third kappa shape index (κ3) is 3.76. The number of nitro benzene ring substituents is 1. The molecule has 1 N–H and O–H groups in total. The van der Waals surface area contributed by atoms with Crippen molar-refractivity contribution in [1.29, 1.82) is 0 Å². The fourth-order valence-electron chi connectivity index (χ4n) is 1.82. The normalized spacial score (nSPS) is 12.3. The van der Waals surface area contributed by atoms with Gasteiger partial charge in [0.25, 0.3) is 11.6 Å². The lowest BCUT2D eigenvalue weighted by Gasteiger charge is -2.20. The van der Waals surface area contributed by atoms with E-state index in [2.05, 4.69) is 21.2 Å². The molecule has 0 aromatic heterocycles. The molecule has 0 aliphatic rings. The van der Waals surface area contributed by atoms with Crippen LogP contribution in [-0.4, -0.2) is 16.9 Å². The highest BCUT2D eigenvalue weighted by Gasteiger charge is 2.21. The molecule has 0 fully saturated rings. The van der Waals surface area contributed by atoms with Gasteiger partial charge in [0.1, 0.15) is 4.47 Å². The Bertz CT molecular complexity index is 489. The van der Waals surface area contributed by atoms with Crippen LogP contribution in [-0.2, 0) is 0 Å². The van der Waals surface area contributed by atoms with Crippen LogP contribution in [0.4, 0.5) is 5.69 Å². The van der Waals surface area contributed by atoms with Gasteiger partial charge in [-0.1, -0.05) is 26.8 Å². The molecule has 0 saturated carbocycles. The summed E-state index contributed by atoms with van der Waals surface area (Å²) in [4.78, 5) is 22.5. The van der Waals surface area contributed by atoms with Crippen LogP contribution in [0.3, 0.4) is 0 Å². The molecule has 0 bridgehead atoms. The second-order valence-corrected chi connectivity index (χ2v) is 5.42. The Balaban J connectivity index is 3.00. The van der Waals surface area contributed by atoms with Crippen LogP contribution in [0.2, 0.25) is 0 Å². The van der Waals surface area contributed by atoms with Crippen molar-refractivity contribution >= 4 is 27.5 Å². The van der Waals surface area contributed by atoms with Gasteiger partial charge in [-0.3, -0.25) is 14.9 Å². The summed E-state index contributed by atoms with van der Waals surface area (Å²) < 4.78 is 0.219. The molecular weight excluding hydrogens is 312 g/mol. The molecule has 1 atom stereocenters. The van der Waals surface area contributed by atoms with Gasteiger partial charge in [-0.15, -0.1) is 0 Å². The number of nitrogens with zero attached hydrogens (tertiary/aromatic N) is 1. The Labute approximate surface area is 120 Å². The molecule has 1 amide bonds. The van der Waals surface area contributed by atoms with Gasteiger partial charge < -0.3 is 5.32 Å². The molecule has 1 rings (SSSR count). The predicted octanol–water partition coefficient (Wildman–Crippen LogP) is 3.52. The van der Waals surface area contributed by atoms with Crippen LogP contribution < -0.4 is 5.32 Å². The number of carbonyl (C=O) groups excluding carboxylic acids is 1. The number of nitrogens with one attached hydrogen (secondary N) is 1. The maximum absolute atomic E-state index is 12.2. The van der Waals surface area contributed by atoms with Crippen molar-refractivity contribution in [3.63, 3.8) is 0 Å². The second kappa shape index (κ2) is 6.65. The number of benzene rings is 1. The van der Waals surface area contributed by atoms with Crippen LogP contribution in [0.1, 0.15) is 37.6 Å². The first-order valence-corrected chi connectivity index (χ1v) is 6.91. The van der Waals surface area contributed by atoms with Gasteiger partial charge >= 0.3 is 0 Å². The van der Waals surface area contributed by atoms with Gasteiger partial charge in [-0.25, -0.2) is 0 Å². The van der Waals surface area contributed by atoms with E-state index in [4.69, 9.17) is 0 Å². The molecule has 0 aliphatic carbocycles. The Hall–Kier alpha value is -1.43. The summed E-state index contributed by atoms with van der Waals surface area (Å²) >= 11 is 3.13. The molecular formula is C13H17BrN2O3. The summed E-state index contributed by atoms with van der Waals surface area (Å²) in [5.41, 5.74) is 0.179. The van der Waals surface area contributed by atoms with E-state index in [9.17, 15) is 14.9 Å². The highest BCUT2D eigenvalue weighted by atomic mass is 79.9. The Morgan fingerprint density at radius 1 is 1.47 bits per heavy atom. The van der Waals surface area contributed by atoms with E-state index in [0.29, 0.717) is 5.92 Å². The zero-order valence-corrected chi connectivity index (χ0v) is 12.7. The van der Waals surface area contributed by atoms with Crippen molar-refractivity contribution in [2.24, 2.45) is 5.92 Å². The minimum atomic E-state index is -0.513. The predicted molar refractivity (Wildman–Crippen MR) is 77.2 cm³/mol. The average Bonchev–Trinajstić information content (AvgIpc) is 2.35. The third-order valence-corrected chi connectivity index (χ3v) is 3.81. The van der Waals surface area contributed by atoms with E-state index in [-0.39, 0.29) is 27.7 Å². The fraction of sp³-hybridized carbons (Fsp3) is 0.462. The first-order valence-electron chi connectivity index (χ1n) is 6.12. The maximum Gasteiger partial charge on any atom is 0.284 e. The molecule has 6 heteroatoms. The number of hydrogen-bond donors (Lipinski definition) is 1. The van der Waals surface area contributed by atoms with Gasteiger partial charge in [0.15, 0.2) is 0 Å². The Morgan fingerprint density at radius 3 is 2.58 bits per heavy atom. The van der Waals surface area contributed by atoms with Crippen LogP contribution in [0.25, 0.3) is 0 Å². The minimum absolute atomic E-state index is 0.0543. The molecule has 0 spiro atoms. The van der Waals surface area contributed by atoms with Gasteiger partial charge in [-0.2, -0.15) is 0 Å². The minimum Gasteiger partial charge on any atom is -0.349 e. The summed E-state index contributed by atoms with van der Waals surface area (Å²) in [6, 6.07) is 4.49. The monoisotopic (exact) mass is 328 g/mol. The standard InChI is InChI=1S/C13H17BrN2O3/c1-4-10(8(2)3)15-13(17)9-6-5-7-11(12(9)14)16(18)19/h5-8,10H,4H2,1-3H3,(H,15,17). The lowest BCUT2D eigenvalue weighted by Crippen LogP contribution is -2.38. The van der Waals surface area contributed by atoms with E-state index in [1.807, 2.05) is 20.8 Å². The van der Waals surface area contributed by atoms with Gasteiger partial charge in [0, 0.05) is 12.1 Å². The summed E-state index contributed by atoms with van der Waals surface area (Å²) in [6.07, 6.45) is 0.815. The molecule has 0 radical (unpaired) electrons. The van der Waals surface area contributed by atoms with Gasteiger partial charge in [-0.05, 0) is 34.3 Å². The molecule has 1 aromatic carbocycles. The number of halogens is 1. The molecule has 0 aliphatic heterocycles. The summed E-state index contributed by atoms with van der Waals surface area (Å²) in [7, 11) is 0. The average molecular weight is 329 g/mol. The van der Waals surface area contributed by atoms with Crippen molar-refractivity contribution in [3.05, 3.63) is 38.3 Å². The van der Waals surface area contributed by atoms with Crippen molar-refractivity contribution < 1.29 is 9.72 Å². The van der Waals surface area contributed by atoms with Crippen molar-refractivity contribution in [1.82, 2.24) is 5.32 Å². The van der Waals surface area contributed by atoms with Crippen LogP contribution in [0.5, 0.6) is 0 Å². The summed E-state index contributed by atoms with van der Waals surface area (Å²) in [5, 5.41) is 13.7. The molecule has 5 nitrogen and oxygen atoms in total. The van der Waals surface area contributed by atoms with Gasteiger partial charge in [0.05, 0.1) is 10.5 Å². The molecule has 0 saturated heterocycles. The lowest BCUT2D eigenvalue weighted by molar-refractivity contribution is -0.385. The van der Waals surface area contributed by atoms with E-state index in [1.165, 1.54) is 12.1 Å². The number of amides is 1. The molecule has 19 heavy (non-hydrogen) atoms. The molecule has 0 heterocycles. The third-order valence-electron chi connectivity index (χ3n) is 2.98. The van der Waals surface area contributed by atoms with Crippen LogP contribution >= 0.6 is 15.9 Å².